The maximum absolute atomic E-state index is 5.42. The number of rotatable bonds is 2. The van der Waals surface area contributed by atoms with Gasteiger partial charge in [-0.1, -0.05) is 49.3 Å². The van der Waals surface area contributed by atoms with E-state index in [0.717, 1.165) is 22.7 Å². The molecule has 0 aliphatic heterocycles. The first kappa shape index (κ1) is 27.2. The summed E-state index contributed by atoms with van der Waals surface area (Å²) in [6.45, 7) is 4.38. The van der Waals surface area contributed by atoms with Crippen LogP contribution in [0.1, 0.15) is 59.5 Å². The Morgan fingerprint density at radius 3 is 1.30 bits per heavy atom. The first-order chi connectivity index (χ1) is 14.7. The molecule has 164 valence electrons. The van der Waals surface area contributed by atoms with Crippen LogP contribution in [0.15, 0.2) is 94.2 Å². The molecule has 0 N–H and O–H groups in total. The average Bonchev–Trinajstić information content (AvgIpc) is 3.56. The molecule has 6 rings (SSSR count). The molecule has 0 bridgehead atoms. The molecule has 0 fully saturated rings. The van der Waals surface area contributed by atoms with Gasteiger partial charge < -0.3 is 33.6 Å². The van der Waals surface area contributed by atoms with Gasteiger partial charge in [0.1, 0.15) is 0 Å². The molecule has 0 saturated heterocycles. The zero-order chi connectivity index (χ0) is 20.5. The van der Waals surface area contributed by atoms with Gasteiger partial charge in [0, 0.05) is 0 Å². The molecule has 2 aliphatic rings. The van der Waals surface area contributed by atoms with Crippen molar-refractivity contribution in [1.82, 2.24) is 0 Å². The molecular weight excluding hydrogens is 530 g/mol. The average molecular weight is 553 g/mol. The van der Waals surface area contributed by atoms with E-state index in [1.54, 1.807) is 12.5 Å². The van der Waals surface area contributed by atoms with E-state index in [4.69, 9.17) is 8.83 Å². The SMILES string of the molecule is CC1C(c2ccco2)=[C-]c2ccccc21.CC1C(c2ccco2)=[C-]c2ccccc21.[Cl-].[Cl-].[Zr+4]. The maximum Gasteiger partial charge on any atom is 4.00 e. The van der Waals surface area contributed by atoms with E-state index in [9.17, 15) is 0 Å². The molecule has 5 heteroatoms. The van der Waals surface area contributed by atoms with Crippen molar-refractivity contribution in [3.8, 4) is 0 Å². The Morgan fingerprint density at radius 1 is 0.576 bits per heavy atom. The standard InChI is InChI=1S/2C14H11O.2ClH.Zr/c2*1-10-12-6-3-2-5-11(12)9-13(10)14-7-4-8-15-14;;;/h2*2-8,10H,1H3;2*1H;/q2*-1;;;+4/p-2. The minimum atomic E-state index is 0. The van der Waals surface area contributed by atoms with Gasteiger partial charge in [-0.05, 0) is 24.0 Å². The number of hydrogen-bond acceptors (Lipinski definition) is 2. The molecule has 4 aromatic rings. The van der Waals surface area contributed by atoms with Crippen LogP contribution >= 0.6 is 0 Å². The Bertz CT molecular complexity index is 1130. The third-order valence-corrected chi connectivity index (χ3v) is 5.83. The summed E-state index contributed by atoms with van der Waals surface area (Å²) in [4.78, 5) is 0. The van der Waals surface area contributed by atoms with Gasteiger partial charge in [0.05, 0.1) is 24.0 Å². The van der Waals surface area contributed by atoms with Crippen LogP contribution in [0.25, 0.3) is 11.1 Å². The first-order valence-corrected chi connectivity index (χ1v) is 10.3. The fourth-order valence-corrected chi connectivity index (χ4v) is 4.21. The molecule has 2 aromatic carbocycles. The zero-order valence-electron chi connectivity index (χ0n) is 18.3. The summed E-state index contributed by atoms with van der Waals surface area (Å²) in [7, 11) is 0. The van der Waals surface area contributed by atoms with E-state index < -0.39 is 0 Å². The zero-order valence-corrected chi connectivity index (χ0v) is 22.3. The molecule has 2 aromatic heterocycles. The van der Waals surface area contributed by atoms with Crippen LogP contribution in [0.3, 0.4) is 0 Å². The van der Waals surface area contributed by atoms with Gasteiger partial charge in [0.25, 0.3) is 0 Å². The second-order valence-corrected chi connectivity index (χ2v) is 7.65. The first-order valence-electron chi connectivity index (χ1n) is 10.3. The van der Waals surface area contributed by atoms with Gasteiger partial charge in [0.15, 0.2) is 0 Å². The molecule has 0 spiro atoms. The number of benzene rings is 2. The van der Waals surface area contributed by atoms with E-state index in [-0.39, 0.29) is 51.0 Å². The molecule has 2 heterocycles. The Balaban J connectivity index is 0.000000214. The van der Waals surface area contributed by atoms with Crippen molar-refractivity contribution in [2.24, 2.45) is 0 Å². The van der Waals surface area contributed by atoms with Crippen LogP contribution in [-0.4, -0.2) is 0 Å². The molecule has 2 aliphatic carbocycles. The van der Waals surface area contributed by atoms with Gasteiger partial charge >= 0.3 is 26.2 Å². The topological polar surface area (TPSA) is 26.3 Å². The fourth-order valence-electron chi connectivity index (χ4n) is 4.21. The van der Waals surface area contributed by atoms with E-state index in [1.807, 2.05) is 36.4 Å². The van der Waals surface area contributed by atoms with Gasteiger partial charge in [-0.25, -0.2) is 0 Å². The third kappa shape index (κ3) is 5.38. The molecule has 0 radical (unpaired) electrons. The van der Waals surface area contributed by atoms with Crippen molar-refractivity contribution in [2.45, 2.75) is 25.7 Å². The minimum Gasteiger partial charge on any atom is -1.00 e. The summed E-state index contributed by atoms with van der Waals surface area (Å²) in [5, 5.41) is 0. The van der Waals surface area contributed by atoms with Crippen LogP contribution in [0.4, 0.5) is 0 Å². The Morgan fingerprint density at radius 2 is 0.970 bits per heavy atom. The second kappa shape index (κ2) is 11.9. The minimum absolute atomic E-state index is 0. The maximum atomic E-state index is 5.42. The van der Waals surface area contributed by atoms with Crippen LogP contribution in [0, 0.1) is 12.2 Å². The van der Waals surface area contributed by atoms with Crippen molar-refractivity contribution in [2.75, 3.05) is 0 Å². The summed E-state index contributed by atoms with van der Waals surface area (Å²) in [6, 6.07) is 24.6. The summed E-state index contributed by atoms with van der Waals surface area (Å²) in [5.74, 6) is 2.62. The predicted octanol–water partition coefficient (Wildman–Crippen LogP) is 1.27. The van der Waals surface area contributed by atoms with Crippen molar-refractivity contribution in [3.05, 3.63) is 131 Å². The predicted molar refractivity (Wildman–Crippen MR) is 119 cm³/mol. The number of halogens is 2. The molecule has 2 atom stereocenters. The Kier molecular flexibility index (Phi) is 9.79. The fraction of sp³-hybridized carbons (Fsp3) is 0.143. The van der Waals surface area contributed by atoms with E-state index in [1.165, 1.54) is 22.3 Å². The Hall–Kier alpha value is -2.06. The molecule has 2 unspecified atom stereocenters. The molecule has 33 heavy (non-hydrogen) atoms. The third-order valence-electron chi connectivity index (χ3n) is 5.83. The van der Waals surface area contributed by atoms with Gasteiger partial charge in [-0.15, -0.1) is 70.8 Å². The van der Waals surface area contributed by atoms with Crippen LogP contribution in [-0.2, 0) is 26.2 Å². The Labute approximate surface area is 226 Å². The second-order valence-electron chi connectivity index (χ2n) is 7.65. The monoisotopic (exact) mass is 550 g/mol. The smallest absolute Gasteiger partial charge is 1.00 e. The van der Waals surface area contributed by atoms with Gasteiger partial charge in [-0.2, -0.15) is 0 Å². The number of fused-ring (bicyclic) bond motifs is 2. The molecular formula is C28H22Cl2O2Zr. The molecule has 2 nitrogen and oxygen atoms in total. The quantitative estimate of drug-likeness (QED) is 0.351. The van der Waals surface area contributed by atoms with E-state index in [0.29, 0.717) is 11.8 Å². The van der Waals surface area contributed by atoms with E-state index >= 15 is 0 Å². The van der Waals surface area contributed by atoms with Crippen molar-refractivity contribution in [1.29, 1.82) is 0 Å². The number of furan rings is 2. The summed E-state index contributed by atoms with van der Waals surface area (Å²) in [6.07, 6.45) is 10.2. The summed E-state index contributed by atoms with van der Waals surface area (Å²) in [5.41, 5.74) is 7.36. The molecule has 0 amide bonds. The summed E-state index contributed by atoms with van der Waals surface area (Å²) >= 11 is 0. The van der Waals surface area contributed by atoms with E-state index in [2.05, 4.69) is 62.4 Å². The summed E-state index contributed by atoms with van der Waals surface area (Å²) < 4.78 is 10.8. The van der Waals surface area contributed by atoms with Crippen molar-refractivity contribution in [3.63, 3.8) is 0 Å². The van der Waals surface area contributed by atoms with Crippen LogP contribution < -0.4 is 24.8 Å². The molecule has 0 saturated carbocycles. The van der Waals surface area contributed by atoms with Gasteiger partial charge in [0.2, 0.25) is 0 Å². The van der Waals surface area contributed by atoms with Crippen molar-refractivity contribution < 1.29 is 59.9 Å². The van der Waals surface area contributed by atoms with Crippen LogP contribution in [0.2, 0.25) is 0 Å². The number of allylic oxidation sites excluding steroid dienone is 2. The van der Waals surface area contributed by atoms with Crippen LogP contribution in [0.5, 0.6) is 0 Å². The number of hydrogen-bond donors (Lipinski definition) is 0. The largest absolute Gasteiger partial charge is 4.00 e. The normalized spacial score (nSPS) is 17.0. The van der Waals surface area contributed by atoms with Gasteiger partial charge in [-0.3, -0.25) is 0 Å². The van der Waals surface area contributed by atoms with Crippen molar-refractivity contribution >= 4 is 11.1 Å².